The normalized spacial score (nSPS) is 37.4. The van der Waals surface area contributed by atoms with Crippen molar-refractivity contribution in [2.75, 3.05) is 0 Å². The maximum Gasteiger partial charge on any atom is 0.317 e. The minimum atomic E-state index is -1.89. The highest BCUT2D eigenvalue weighted by atomic mass is 16.4. The zero-order valence-electron chi connectivity index (χ0n) is 7.85. The van der Waals surface area contributed by atoms with Crippen molar-refractivity contribution in [1.82, 2.24) is 0 Å². The first-order chi connectivity index (χ1) is 6.20. The zero-order chi connectivity index (χ0) is 11.1. The van der Waals surface area contributed by atoms with Crippen LogP contribution < -0.4 is 0 Å². The van der Waals surface area contributed by atoms with Gasteiger partial charge in [-0.15, -0.1) is 0 Å². The van der Waals surface area contributed by atoms with Gasteiger partial charge in [-0.25, -0.2) is 0 Å². The second-order valence-corrected chi connectivity index (χ2v) is 3.72. The maximum atomic E-state index is 10.8. The number of hydrogen-bond acceptors (Lipinski definition) is 4. The molecular formula is C9H12O5. The Bertz CT molecular complexity index is 315. The number of carboxylic acid groups (broad SMARTS) is 1. The molecule has 14 heavy (non-hydrogen) atoms. The number of carboxylic acids is 1. The molecule has 1 rings (SSSR count). The molecule has 0 bridgehead atoms. The first-order valence-corrected chi connectivity index (χ1v) is 4.00. The molecule has 0 aromatic rings. The van der Waals surface area contributed by atoms with E-state index in [-0.39, 0.29) is 0 Å². The Balaban J connectivity index is 3.25. The van der Waals surface area contributed by atoms with E-state index >= 15 is 0 Å². The number of rotatable bonds is 1. The molecule has 5 nitrogen and oxygen atoms in total. The molecule has 78 valence electrons. The average Bonchev–Trinajstić information content (AvgIpc) is 2.01. The van der Waals surface area contributed by atoms with E-state index < -0.39 is 28.5 Å². The van der Waals surface area contributed by atoms with E-state index in [9.17, 15) is 20.1 Å². The second kappa shape index (κ2) is 2.75. The molecule has 1 aliphatic carbocycles. The number of hydrogen-bond donors (Lipinski definition) is 4. The van der Waals surface area contributed by atoms with E-state index in [1.165, 1.54) is 13.8 Å². The molecule has 0 unspecified atom stereocenters. The molecule has 0 aliphatic heterocycles. The fourth-order valence-electron chi connectivity index (χ4n) is 1.15. The summed E-state index contributed by atoms with van der Waals surface area (Å²) in [6, 6.07) is 0. The summed E-state index contributed by atoms with van der Waals surface area (Å²) >= 11 is 0. The molecule has 0 heterocycles. The highest BCUT2D eigenvalue weighted by Gasteiger charge is 2.42. The van der Waals surface area contributed by atoms with Gasteiger partial charge in [-0.1, -0.05) is 0 Å². The summed E-state index contributed by atoms with van der Waals surface area (Å²) < 4.78 is 0. The predicted octanol–water partition coefficient (Wildman–Crippen LogP) is 0.726. The lowest BCUT2D eigenvalue weighted by molar-refractivity contribution is -0.143. The molecule has 0 atom stereocenters. The largest absolute Gasteiger partial charge is 0.509 e. The van der Waals surface area contributed by atoms with Crippen molar-refractivity contribution in [2.24, 2.45) is 5.41 Å². The molecule has 0 amide bonds. The third-order valence-corrected chi connectivity index (χ3v) is 2.33. The lowest BCUT2D eigenvalue weighted by Crippen LogP contribution is -2.38. The van der Waals surface area contributed by atoms with Crippen molar-refractivity contribution in [2.45, 2.75) is 19.4 Å². The van der Waals surface area contributed by atoms with Gasteiger partial charge in [-0.05, 0) is 26.0 Å². The van der Waals surface area contributed by atoms with Crippen LogP contribution in [-0.2, 0) is 4.79 Å². The van der Waals surface area contributed by atoms with E-state index in [2.05, 4.69) is 0 Å². The van der Waals surface area contributed by atoms with Gasteiger partial charge in [0.05, 0.1) is 0 Å². The van der Waals surface area contributed by atoms with Gasteiger partial charge in [0.2, 0.25) is 0 Å². The summed E-state index contributed by atoms with van der Waals surface area (Å²) in [6.45, 7) is 2.48. The van der Waals surface area contributed by atoms with Crippen LogP contribution in [0.25, 0.3) is 0 Å². The molecule has 0 radical (unpaired) electrons. The molecule has 0 fully saturated rings. The molecule has 0 spiro atoms. The molecule has 0 saturated carbocycles. The standard InChI is InChI=1S/C9H12O5/c1-8(7(12)13)3-5(10)9(2,14)6(11)4-8/h3-4,10-11,14H,1-2H3,(H,12,13). The summed E-state index contributed by atoms with van der Waals surface area (Å²) in [7, 11) is 0. The Kier molecular flexibility index (Phi) is 2.08. The number of carbonyl (C=O) groups is 1. The second-order valence-electron chi connectivity index (χ2n) is 3.72. The molecule has 4 N–H and O–H groups in total. The number of aliphatic carboxylic acids is 1. The Morgan fingerprint density at radius 2 is 1.57 bits per heavy atom. The van der Waals surface area contributed by atoms with Crippen LogP contribution in [-0.4, -0.2) is 32.0 Å². The van der Waals surface area contributed by atoms with E-state index in [4.69, 9.17) is 5.11 Å². The Labute approximate surface area is 80.6 Å². The van der Waals surface area contributed by atoms with Gasteiger partial charge in [0, 0.05) is 0 Å². The Hall–Kier alpha value is -1.49. The monoisotopic (exact) mass is 200 g/mol. The molecular weight excluding hydrogens is 188 g/mol. The summed E-state index contributed by atoms with van der Waals surface area (Å²) in [6.07, 6.45) is 1.99. The molecule has 0 aromatic carbocycles. The van der Waals surface area contributed by atoms with Crippen LogP contribution in [0.1, 0.15) is 13.8 Å². The van der Waals surface area contributed by atoms with Gasteiger partial charge in [0.15, 0.2) is 5.60 Å². The van der Waals surface area contributed by atoms with E-state index in [1.54, 1.807) is 0 Å². The van der Waals surface area contributed by atoms with Crippen molar-refractivity contribution in [3.05, 3.63) is 23.7 Å². The summed E-state index contributed by atoms with van der Waals surface area (Å²) in [5, 5.41) is 37.0. The summed E-state index contributed by atoms with van der Waals surface area (Å²) in [4.78, 5) is 10.8. The quantitative estimate of drug-likeness (QED) is 0.500. The Morgan fingerprint density at radius 3 is 1.86 bits per heavy atom. The van der Waals surface area contributed by atoms with Crippen molar-refractivity contribution in [1.29, 1.82) is 0 Å². The average molecular weight is 200 g/mol. The number of aliphatic hydroxyl groups excluding tert-OH is 2. The third kappa shape index (κ3) is 1.35. The van der Waals surface area contributed by atoms with Crippen LogP contribution in [0.4, 0.5) is 0 Å². The minimum absolute atomic E-state index is 0.567. The highest BCUT2D eigenvalue weighted by molar-refractivity contribution is 5.80. The van der Waals surface area contributed by atoms with Crippen molar-refractivity contribution >= 4 is 5.97 Å². The maximum absolute atomic E-state index is 10.8. The summed E-state index contributed by atoms with van der Waals surface area (Å²) in [5.74, 6) is -2.35. The van der Waals surface area contributed by atoms with Crippen molar-refractivity contribution < 1.29 is 25.2 Å². The van der Waals surface area contributed by atoms with Gasteiger partial charge < -0.3 is 20.4 Å². The van der Waals surface area contributed by atoms with Crippen LogP contribution in [0, 0.1) is 5.41 Å². The Morgan fingerprint density at radius 1 is 1.21 bits per heavy atom. The molecule has 0 saturated heterocycles. The van der Waals surface area contributed by atoms with Crippen LogP contribution >= 0.6 is 0 Å². The van der Waals surface area contributed by atoms with Crippen molar-refractivity contribution in [3.8, 4) is 0 Å². The van der Waals surface area contributed by atoms with E-state index in [0.29, 0.717) is 0 Å². The highest BCUT2D eigenvalue weighted by Crippen LogP contribution is 2.36. The SMILES string of the molecule is CC1(C(=O)O)C=C(O)C(C)(O)C(O)=C1. The lowest BCUT2D eigenvalue weighted by atomic mass is 9.80. The van der Waals surface area contributed by atoms with Gasteiger partial charge in [-0.2, -0.15) is 0 Å². The van der Waals surface area contributed by atoms with E-state index in [0.717, 1.165) is 12.2 Å². The van der Waals surface area contributed by atoms with E-state index in [1.807, 2.05) is 0 Å². The van der Waals surface area contributed by atoms with Gasteiger partial charge in [0.25, 0.3) is 0 Å². The van der Waals surface area contributed by atoms with Crippen molar-refractivity contribution in [3.63, 3.8) is 0 Å². The number of aliphatic hydroxyl groups is 3. The topological polar surface area (TPSA) is 98.0 Å². The van der Waals surface area contributed by atoms with Gasteiger partial charge in [-0.3, -0.25) is 4.79 Å². The smallest absolute Gasteiger partial charge is 0.317 e. The van der Waals surface area contributed by atoms with Gasteiger partial charge >= 0.3 is 5.97 Å². The molecule has 0 aromatic heterocycles. The minimum Gasteiger partial charge on any atom is -0.509 e. The summed E-state index contributed by atoms with van der Waals surface area (Å²) in [5.41, 5.74) is -3.38. The third-order valence-electron chi connectivity index (χ3n) is 2.33. The van der Waals surface area contributed by atoms with Gasteiger partial charge in [0.1, 0.15) is 16.9 Å². The predicted molar refractivity (Wildman–Crippen MR) is 47.8 cm³/mol. The molecule has 1 aliphatic rings. The van der Waals surface area contributed by atoms with Crippen LogP contribution in [0.5, 0.6) is 0 Å². The van der Waals surface area contributed by atoms with Crippen LogP contribution in [0.3, 0.4) is 0 Å². The lowest BCUT2D eigenvalue weighted by Gasteiger charge is -2.30. The fourth-order valence-corrected chi connectivity index (χ4v) is 1.15. The first-order valence-electron chi connectivity index (χ1n) is 4.00. The fraction of sp³-hybridized carbons (Fsp3) is 0.444. The zero-order valence-corrected chi connectivity index (χ0v) is 7.85. The first kappa shape index (κ1) is 10.6. The molecule has 5 heteroatoms. The van der Waals surface area contributed by atoms with Crippen LogP contribution in [0.2, 0.25) is 0 Å². The van der Waals surface area contributed by atoms with Crippen LogP contribution in [0.15, 0.2) is 23.7 Å².